The van der Waals surface area contributed by atoms with Gasteiger partial charge in [0.1, 0.15) is 5.82 Å². The Morgan fingerprint density at radius 3 is 2.52 bits per heavy atom. The molecule has 25 heavy (non-hydrogen) atoms. The summed E-state index contributed by atoms with van der Waals surface area (Å²) in [6.45, 7) is 5.94. The number of anilines is 1. The minimum Gasteiger partial charge on any atom is -0.355 e. The summed E-state index contributed by atoms with van der Waals surface area (Å²) in [5.74, 6) is 1.45. The van der Waals surface area contributed by atoms with E-state index in [0.29, 0.717) is 5.92 Å². The Morgan fingerprint density at radius 1 is 1.16 bits per heavy atom. The van der Waals surface area contributed by atoms with Crippen LogP contribution in [-0.2, 0) is 4.79 Å². The molecule has 2 aromatic rings. The van der Waals surface area contributed by atoms with E-state index in [1.165, 1.54) is 5.56 Å². The lowest BCUT2D eigenvalue weighted by Gasteiger charge is -2.33. The highest BCUT2D eigenvalue weighted by atomic mass is 16.1. The quantitative estimate of drug-likeness (QED) is 0.910. The summed E-state index contributed by atoms with van der Waals surface area (Å²) in [6.07, 6.45) is 6.88. The van der Waals surface area contributed by atoms with Crippen molar-refractivity contribution in [3.8, 4) is 0 Å². The van der Waals surface area contributed by atoms with Crippen molar-refractivity contribution in [3.63, 3.8) is 0 Å². The molecule has 5 heteroatoms. The number of aromatic nitrogens is 2. The van der Waals surface area contributed by atoms with Crippen molar-refractivity contribution in [1.82, 2.24) is 15.3 Å². The smallest absolute Gasteiger partial charge is 0.223 e. The first-order chi connectivity index (χ1) is 12.1. The largest absolute Gasteiger partial charge is 0.355 e. The molecule has 1 fully saturated rings. The zero-order valence-electron chi connectivity index (χ0n) is 14.9. The molecule has 0 spiro atoms. The number of carbonyl (C=O) groups is 1. The molecule has 2 atom stereocenters. The van der Waals surface area contributed by atoms with Gasteiger partial charge in [0.2, 0.25) is 5.91 Å². The Bertz CT molecular complexity index is 669. The highest BCUT2D eigenvalue weighted by Crippen LogP contribution is 2.23. The topological polar surface area (TPSA) is 58.1 Å². The van der Waals surface area contributed by atoms with E-state index in [0.717, 1.165) is 31.7 Å². The summed E-state index contributed by atoms with van der Waals surface area (Å²) >= 11 is 0. The molecule has 0 saturated carbocycles. The minimum atomic E-state index is 0.0818. The summed E-state index contributed by atoms with van der Waals surface area (Å²) in [4.78, 5) is 23.3. The van der Waals surface area contributed by atoms with Crippen LogP contribution in [0.4, 0.5) is 5.82 Å². The number of carbonyl (C=O) groups excluding carboxylic acids is 1. The summed E-state index contributed by atoms with van der Waals surface area (Å²) in [5, 5.41) is 3.22. The molecule has 1 amide bonds. The van der Waals surface area contributed by atoms with Crippen molar-refractivity contribution in [3.05, 3.63) is 54.5 Å². The first kappa shape index (κ1) is 17.4. The maximum absolute atomic E-state index is 12.6. The van der Waals surface area contributed by atoms with Gasteiger partial charge in [-0.25, -0.2) is 4.98 Å². The van der Waals surface area contributed by atoms with Crippen molar-refractivity contribution < 1.29 is 4.79 Å². The summed E-state index contributed by atoms with van der Waals surface area (Å²) < 4.78 is 0. The minimum absolute atomic E-state index is 0.0818. The molecule has 1 aromatic heterocycles. The number of nitrogens with one attached hydrogen (secondary N) is 1. The van der Waals surface area contributed by atoms with E-state index in [9.17, 15) is 4.79 Å². The molecular weight excluding hydrogens is 312 g/mol. The molecule has 3 rings (SSSR count). The Kier molecular flexibility index (Phi) is 5.64. The Balaban J connectivity index is 1.51. The van der Waals surface area contributed by atoms with Crippen LogP contribution < -0.4 is 10.2 Å². The van der Waals surface area contributed by atoms with E-state index < -0.39 is 0 Å². The van der Waals surface area contributed by atoms with Crippen molar-refractivity contribution in [1.29, 1.82) is 0 Å². The lowest BCUT2D eigenvalue weighted by Crippen LogP contribution is -2.44. The molecule has 1 aliphatic heterocycles. The third kappa shape index (κ3) is 4.35. The molecule has 2 heterocycles. The van der Waals surface area contributed by atoms with Gasteiger partial charge >= 0.3 is 0 Å². The molecule has 0 aliphatic carbocycles. The standard InChI is InChI=1S/C20H26N4O/c1-15(17-6-4-3-5-7-17)16(2)23-20(25)18-8-12-24(13-9-18)19-14-21-10-11-22-19/h3-7,10-11,14-16,18H,8-9,12-13H2,1-2H3,(H,23,25)/t15-,16-/m0/s1. The maximum Gasteiger partial charge on any atom is 0.223 e. The van der Waals surface area contributed by atoms with Gasteiger partial charge in [-0.1, -0.05) is 37.3 Å². The number of nitrogens with zero attached hydrogens (tertiary/aromatic N) is 3. The van der Waals surface area contributed by atoms with Crippen molar-refractivity contribution >= 4 is 11.7 Å². The van der Waals surface area contributed by atoms with E-state index in [2.05, 4.69) is 46.2 Å². The number of amides is 1. The van der Waals surface area contributed by atoms with E-state index in [4.69, 9.17) is 0 Å². The fourth-order valence-corrected chi connectivity index (χ4v) is 3.34. The van der Waals surface area contributed by atoms with Gasteiger partial charge in [-0.05, 0) is 25.3 Å². The molecule has 1 aromatic carbocycles. The van der Waals surface area contributed by atoms with Crippen LogP contribution >= 0.6 is 0 Å². The first-order valence-electron chi connectivity index (χ1n) is 9.01. The summed E-state index contributed by atoms with van der Waals surface area (Å²) in [6, 6.07) is 10.5. The number of piperidine rings is 1. The SMILES string of the molecule is C[C@H](NC(=O)C1CCN(c2cnccn2)CC1)[C@H](C)c1ccccc1. The van der Waals surface area contributed by atoms with Crippen molar-refractivity contribution in [2.45, 2.75) is 38.6 Å². The molecule has 1 saturated heterocycles. The Morgan fingerprint density at radius 2 is 1.88 bits per heavy atom. The molecule has 132 valence electrons. The van der Waals surface area contributed by atoms with E-state index in [1.807, 2.05) is 18.2 Å². The lowest BCUT2D eigenvalue weighted by molar-refractivity contribution is -0.126. The van der Waals surface area contributed by atoms with Crippen LogP contribution in [0.1, 0.15) is 38.2 Å². The molecule has 0 unspecified atom stereocenters. The van der Waals surface area contributed by atoms with Gasteiger partial charge in [0.15, 0.2) is 0 Å². The van der Waals surface area contributed by atoms with Gasteiger partial charge in [-0.3, -0.25) is 9.78 Å². The molecule has 1 N–H and O–H groups in total. The zero-order valence-corrected chi connectivity index (χ0v) is 14.9. The highest BCUT2D eigenvalue weighted by Gasteiger charge is 2.27. The molecule has 1 aliphatic rings. The average molecular weight is 338 g/mol. The monoisotopic (exact) mass is 338 g/mol. The summed E-state index contributed by atoms with van der Waals surface area (Å²) in [7, 11) is 0. The molecule has 0 bridgehead atoms. The number of benzene rings is 1. The van der Waals surface area contributed by atoms with E-state index in [-0.39, 0.29) is 17.9 Å². The van der Waals surface area contributed by atoms with E-state index in [1.54, 1.807) is 18.6 Å². The number of hydrogen-bond acceptors (Lipinski definition) is 4. The molecular formula is C20H26N4O. The normalized spacial score (nSPS) is 17.8. The second-order valence-electron chi connectivity index (χ2n) is 6.82. The third-order valence-corrected chi connectivity index (χ3v) is 5.18. The number of hydrogen-bond donors (Lipinski definition) is 1. The van der Waals surface area contributed by atoms with Crippen LogP contribution in [0.3, 0.4) is 0 Å². The highest BCUT2D eigenvalue weighted by molar-refractivity contribution is 5.79. The van der Waals surface area contributed by atoms with Crippen LogP contribution in [0.5, 0.6) is 0 Å². The van der Waals surface area contributed by atoms with Crippen LogP contribution in [0, 0.1) is 5.92 Å². The van der Waals surface area contributed by atoms with Crippen LogP contribution in [0.25, 0.3) is 0 Å². The maximum atomic E-state index is 12.6. The van der Waals surface area contributed by atoms with Gasteiger partial charge in [0.25, 0.3) is 0 Å². The van der Waals surface area contributed by atoms with Crippen LogP contribution in [-0.4, -0.2) is 35.0 Å². The van der Waals surface area contributed by atoms with Gasteiger partial charge in [0, 0.05) is 43.4 Å². The predicted octanol–water partition coefficient (Wildman–Crippen LogP) is 3.00. The van der Waals surface area contributed by atoms with Crippen molar-refractivity contribution in [2.75, 3.05) is 18.0 Å². The van der Waals surface area contributed by atoms with Crippen LogP contribution in [0.2, 0.25) is 0 Å². The number of rotatable bonds is 5. The van der Waals surface area contributed by atoms with Gasteiger partial charge in [0.05, 0.1) is 6.20 Å². The third-order valence-electron chi connectivity index (χ3n) is 5.18. The Labute approximate surface area is 149 Å². The second-order valence-corrected chi connectivity index (χ2v) is 6.82. The van der Waals surface area contributed by atoms with Crippen molar-refractivity contribution in [2.24, 2.45) is 5.92 Å². The average Bonchev–Trinajstić information content (AvgIpc) is 2.68. The molecule has 5 nitrogen and oxygen atoms in total. The van der Waals surface area contributed by atoms with Gasteiger partial charge in [-0.15, -0.1) is 0 Å². The summed E-state index contributed by atoms with van der Waals surface area (Å²) in [5.41, 5.74) is 1.26. The Hall–Kier alpha value is -2.43. The van der Waals surface area contributed by atoms with Gasteiger partial charge < -0.3 is 10.2 Å². The first-order valence-corrected chi connectivity index (χ1v) is 9.01. The predicted molar refractivity (Wildman–Crippen MR) is 99.4 cm³/mol. The van der Waals surface area contributed by atoms with Gasteiger partial charge in [-0.2, -0.15) is 0 Å². The lowest BCUT2D eigenvalue weighted by atomic mass is 9.92. The van der Waals surface area contributed by atoms with Crippen LogP contribution in [0.15, 0.2) is 48.9 Å². The van der Waals surface area contributed by atoms with E-state index >= 15 is 0 Å². The fraction of sp³-hybridized carbons (Fsp3) is 0.450. The second kappa shape index (κ2) is 8.10. The zero-order chi connectivity index (χ0) is 17.6. The molecule has 0 radical (unpaired) electrons. The fourth-order valence-electron chi connectivity index (χ4n) is 3.34.